The van der Waals surface area contributed by atoms with Gasteiger partial charge in [-0.1, -0.05) is 29.8 Å². The first kappa shape index (κ1) is 18.1. The number of nitrogens with zero attached hydrogens (tertiary/aromatic N) is 3. The third kappa shape index (κ3) is 3.32. The Morgan fingerprint density at radius 3 is 2.57 bits per heavy atom. The third-order valence-electron chi connectivity index (χ3n) is 4.21. The Morgan fingerprint density at radius 1 is 1.11 bits per heavy atom. The van der Waals surface area contributed by atoms with Gasteiger partial charge in [-0.2, -0.15) is 5.10 Å². The number of benzene rings is 2. The lowest BCUT2D eigenvalue weighted by molar-refractivity contribution is 0.0516. The molecule has 0 fully saturated rings. The fraction of sp³-hybridized carbons (Fsp3) is 0.143. The Balaban J connectivity index is 1.80. The summed E-state index contributed by atoms with van der Waals surface area (Å²) in [4.78, 5) is 29.9. The van der Waals surface area contributed by atoms with E-state index in [0.29, 0.717) is 5.01 Å². The van der Waals surface area contributed by atoms with Crippen LogP contribution < -0.4 is 0 Å². The highest BCUT2D eigenvalue weighted by Gasteiger charge is 2.26. The van der Waals surface area contributed by atoms with Gasteiger partial charge in [0.25, 0.3) is 0 Å². The SMILES string of the molecule is CCOC(=O)c1nn(-c2ccc(C)cc2)cc1C(=O)c1nc2ccccc2s1. The first-order valence-corrected chi connectivity index (χ1v) is 9.62. The predicted octanol–water partition coefficient (Wildman–Crippen LogP) is 4.20. The molecule has 4 rings (SSSR count). The molecule has 140 valence electrons. The molecule has 2 heterocycles. The van der Waals surface area contributed by atoms with Crippen LogP contribution in [-0.4, -0.2) is 33.1 Å². The fourth-order valence-corrected chi connectivity index (χ4v) is 3.72. The molecule has 0 amide bonds. The maximum atomic E-state index is 13.1. The van der Waals surface area contributed by atoms with Crippen molar-refractivity contribution >= 4 is 33.3 Å². The number of rotatable bonds is 5. The number of carbonyl (C=O) groups excluding carboxylic acids is 2. The van der Waals surface area contributed by atoms with Crippen LogP contribution in [0.15, 0.2) is 54.7 Å². The molecular formula is C21H17N3O3S. The molecule has 7 heteroatoms. The van der Waals surface area contributed by atoms with E-state index in [-0.39, 0.29) is 23.6 Å². The largest absolute Gasteiger partial charge is 0.461 e. The summed E-state index contributed by atoms with van der Waals surface area (Å²) in [6, 6.07) is 15.2. The van der Waals surface area contributed by atoms with E-state index in [1.54, 1.807) is 13.1 Å². The number of para-hydroxylation sites is 1. The Labute approximate surface area is 165 Å². The van der Waals surface area contributed by atoms with Gasteiger partial charge in [-0.3, -0.25) is 4.79 Å². The number of thiazole rings is 1. The van der Waals surface area contributed by atoms with Gasteiger partial charge in [-0.05, 0) is 38.1 Å². The highest BCUT2D eigenvalue weighted by molar-refractivity contribution is 7.20. The van der Waals surface area contributed by atoms with Gasteiger partial charge >= 0.3 is 5.97 Å². The maximum absolute atomic E-state index is 13.1. The average Bonchev–Trinajstić information content (AvgIpc) is 3.33. The van der Waals surface area contributed by atoms with E-state index < -0.39 is 5.97 Å². The molecule has 2 aromatic carbocycles. The van der Waals surface area contributed by atoms with Crippen LogP contribution in [0.1, 0.15) is 38.3 Å². The Kier molecular flexibility index (Phi) is 4.75. The van der Waals surface area contributed by atoms with E-state index in [1.165, 1.54) is 16.0 Å². The number of carbonyl (C=O) groups is 2. The number of aromatic nitrogens is 3. The number of hydrogen-bond donors (Lipinski definition) is 0. The minimum atomic E-state index is -0.627. The third-order valence-corrected chi connectivity index (χ3v) is 5.25. The summed E-state index contributed by atoms with van der Waals surface area (Å²) in [6.45, 7) is 3.90. The number of ether oxygens (including phenoxy) is 1. The van der Waals surface area contributed by atoms with Gasteiger partial charge in [0.1, 0.15) is 0 Å². The Bertz CT molecular complexity index is 1140. The van der Waals surface area contributed by atoms with Crippen molar-refractivity contribution < 1.29 is 14.3 Å². The van der Waals surface area contributed by atoms with Gasteiger partial charge in [0, 0.05) is 6.20 Å². The summed E-state index contributed by atoms with van der Waals surface area (Å²) in [7, 11) is 0. The van der Waals surface area contributed by atoms with Crippen LogP contribution in [0.4, 0.5) is 0 Å². The zero-order chi connectivity index (χ0) is 19.7. The van der Waals surface area contributed by atoms with Crippen LogP contribution in [0, 0.1) is 6.92 Å². The molecule has 4 aromatic rings. The van der Waals surface area contributed by atoms with Crippen LogP contribution in [0.3, 0.4) is 0 Å². The van der Waals surface area contributed by atoms with E-state index in [2.05, 4.69) is 10.1 Å². The second-order valence-electron chi connectivity index (χ2n) is 6.21. The van der Waals surface area contributed by atoms with E-state index in [4.69, 9.17) is 4.74 Å². The van der Waals surface area contributed by atoms with E-state index in [0.717, 1.165) is 21.5 Å². The lowest BCUT2D eigenvalue weighted by atomic mass is 10.1. The van der Waals surface area contributed by atoms with Crippen LogP contribution in [0.25, 0.3) is 15.9 Å². The quantitative estimate of drug-likeness (QED) is 0.377. The summed E-state index contributed by atoms with van der Waals surface area (Å²) in [5.41, 5.74) is 2.77. The molecule has 0 N–H and O–H groups in total. The van der Waals surface area contributed by atoms with Crippen molar-refractivity contribution in [3.05, 3.63) is 76.6 Å². The molecular weight excluding hydrogens is 374 g/mol. The minimum Gasteiger partial charge on any atom is -0.461 e. The van der Waals surface area contributed by atoms with Crippen LogP contribution in [-0.2, 0) is 4.74 Å². The Morgan fingerprint density at radius 2 is 1.86 bits per heavy atom. The molecule has 0 spiro atoms. The van der Waals surface area contributed by atoms with Crippen molar-refractivity contribution in [3.63, 3.8) is 0 Å². The van der Waals surface area contributed by atoms with E-state index >= 15 is 0 Å². The molecule has 6 nitrogen and oxygen atoms in total. The van der Waals surface area contributed by atoms with E-state index in [9.17, 15) is 9.59 Å². The number of aryl methyl sites for hydroxylation is 1. The standard InChI is InChI=1S/C21H17N3O3S/c1-3-27-21(26)18-15(12-24(23-18)14-10-8-13(2)9-11-14)19(25)20-22-16-6-4-5-7-17(16)28-20/h4-12H,3H2,1-2H3. The molecule has 0 saturated carbocycles. The van der Waals surface area contributed by atoms with Gasteiger partial charge in [-0.25, -0.2) is 14.5 Å². The summed E-state index contributed by atoms with van der Waals surface area (Å²) in [6.07, 6.45) is 1.56. The molecule has 0 aliphatic rings. The highest BCUT2D eigenvalue weighted by Crippen LogP contribution is 2.25. The van der Waals surface area contributed by atoms with Gasteiger partial charge in [0.2, 0.25) is 5.78 Å². The zero-order valence-electron chi connectivity index (χ0n) is 15.4. The number of ketones is 1. The molecule has 0 bridgehead atoms. The van der Waals surface area contributed by atoms with Crippen molar-refractivity contribution in [2.75, 3.05) is 6.61 Å². The van der Waals surface area contributed by atoms with Crippen molar-refractivity contribution in [2.24, 2.45) is 0 Å². The van der Waals surface area contributed by atoms with Crippen molar-refractivity contribution in [2.45, 2.75) is 13.8 Å². The lowest BCUT2D eigenvalue weighted by Gasteiger charge is -2.01. The smallest absolute Gasteiger partial charge is 0.359 e. The van der Waals surface area contributed by atoms with Crippen molar-refractivity contribution in [1.29, 1.82) is 0 Å². The monoisotopic (exact) mass is 391 g/mol. The summed E-state index contributed by atoms with van der Waals surface area (Å²) in [5, 5.41) is 4.64. The van der Waals surface area contributed by atoms with Gasteiger partial charge in [0.05, 0.1) is 28.1 Å². The van der Waals surface area contributed by atoms with Crippen LogP contribution in [0.2, 0.25) is 0 Å². The maximum Gasteiger partial charge on any atom is 0.359 e. The second-order valence-corrected chi connectivity index (χ2v) is 7.24. The summed E-state index contributed by atoms with van der Waals surface area (Å²) < 4.78 is 7.53. The molecule has 28 heavy (non-hydrogen) atoms. The summed E-state index contributed by atoms with van der Waals surface area (Å²) in [5.74, 6) is -0.972. The van der Waals surface area contributed by atoms with E-state index in [1.807, 2.05) is 55.5 Å². The number of fused-ring (bicyclic) bond motifs is 1. The van der Waals surface area contributed by atoms with Gasteiger partial charge in [0.15, 0.2) is 10.7 Å². The molecule has 0 aliphatic carbocycles. The van der Waals surface area contributed by atoms with Crippen molar-refractivity contribution in [1.82, 2.24) is 14.8 Å². The molecule has 2 aromatic heterocycles. The topological polar surface area (TPSA) is 74.1 Å². The lowest BCUT2D eigenvalue weighted by Crippen LogP contribution is -2.12. The van der Waals surface area contributed by atoms with Crippen molar-refractivity contribution in [3.8, 4) is 5.69 Å². The predicted molar refractivity (Wildman–Crippen MR) is 107 cm³/mol. The van der Waals surface area contributed by atoms with Crippen LogP contribution >= 0.6 is 11.3 Å². The molecule has 0 unspecified atom stereocenters. The first-order chi connectivity index (χ1) is 13.6. The highest BCUT2D eigenvalue weighted by atomic mass is 32.1. The zero-order valence-corrected chi connectivity index (χ0v) is 16.2. The molecule has 0 aliphatic heterocycles. The Hall–Kier alpha value is -3.32. The first-order valence-electron chi connectivity index (χ1n) is 8.81. The number of esters is 1. The minimum absolute atomic E-state index is 0.00770. The normalized spacial score (nSPS) is 10.9. The molecule has 0 saturated heterocycles. The van der Waals surface area contributed by atoms with Gasteiger partial charge in [-0.15, -0.1) is 11.3 Å². The average molecular weight is 391 g/mol. The second kappa shape index (κ2) is 7.36. The molecule has 0 radical (unpaired) electrons. The van der Waals surface area contributed by atoms with Crippen LogP contribution in [0.5, 0.6) is 0 Å². The summed E-state index contributed by atoms with van der Waals surface area (Å²) >= 11 is 1.29. The molecule has 0 atom stereocenters. The van der Waals surface area contributed by atoms with Gasteiger partial charge < -0.3 is 4.74 Å². The fourth-order valence-electron chi connectivity index (χ4n) is 2.80. The number of hydrogen-bond acceptors (Lipinski definition) is 6.